The van der Waals surface area contributed by atoms with E-state index >= 15 is 0 Å². The van der Waals surface area contributed by atoms with Gasteiger partial charge < -0.3 is 5.32 Å². The Balaban J connectivity index is 1.98. The van der Waals surface area contributed by atoms with Crippen LogP contribution in [0.25, 0.3) is 0 Å². The molecule has 2 aromatic rings. The lowest BCUT2D eigenvalue weighted by Gasteiger charge is -2.16. The maximum atomic E-state index is 14.1. The summed E-state index contributed by atoms with van der Waals surface area (Å²) in [5.41, 5.74) is 1.93. The highest BCUT2D eigenvalue weighted by molar-refractivity contribution is 7.11. The Hall–Kier alpha value is -1.26. The second-order valence-corrected chi connectivity index (χ2v) is 6.26. The molecule has 0 bridgehead atoms. The number of nitrogens with zero attached hydrogens (tertiary/aromatic N) is 1. The predicted octanol–water partition coefficient (Wildman–Crippen LogP) is 3.86. The predicted molar refractivity (Wildman–Crippen MR) is 80.7 cm³/mol. The lowest BCUT2D eigenvalue weighted by molar-refractivity contribution is 0.556. The van der Waals surface area contributed by atoms with Crippen LogP contribution in [0.1, 0.15) is 46.9 Å². The van der Waals surface area contributed by atoms with Crippen LogP contribution in [0.3, 0.4) is 0 Å². The van der Waals surface area contributed by atoms with Gasteiger partial charge in [0.15, 0.2) is 0 Å². The van der Waals surface area contributed by atoms with Crippen molar-refractivity contribution in [3.05, 3.63) is 51.2 Å². The van der Waals surface area contributed by atoms with E-state index in [1.54, 1.807) is 17.4 Å². The molecule has 1 atom stereocenters. The summed E-state index contributed by atoms with van der Waals surface area (Å²) >= 11 is 1.75. The molecule has 0 radical (unpaired) electrons. The van der Waals surface area contributed by atoms with E-state index < -0.39 is 0 Å². The number of nitrogens with one attached hydrogen (secondary N) is 1. The van der Waals surface area contributed by atoms with Crippen LogP contribution in [0, 0.1) is 5.82 Å². The molecule has 1 aliphatic carbocycles. The fourth-order valence-electron chi connectivity index (χ4n) is 2.74. The molecule has 1 N–H and O–H groups in total. The average Bonchev–Trinajstić information content (AvgIpc) is 2.89. The van der Waals surface area contributed by atoms with Crippen LogP contribution in [-0.4, -0.2) is 11.5 Å². The molecule has 0 amide bonds. The standard InChI is InChI=1S/C16H19FN2S/c1-2-18-15(11-7-3-4-8-12(11)17)16-19-13-9-5-6-10-14(13)20-16/h3-4,7-8,15,18H,2,5-6,9-10H2,1H3. The number of rotatable bonds is 4. The number of thiazole rings is 1. The van der Waals surface area contributed by atoms with Gasteiger partial charge in [-0.2, -0.15) is 0 Å². The van der Waals surface area contributed by atoms with E-state index in [0.29, 0.717) is 5.56 Å². The van der Waals surface area contributed by atoms with Gasteiger partial charge in [-0.25, -0.2) is 9.37 Å². The fourth-order valence-corrected chi connectivity index (χ4v) is 3.99. The summed E-state index contributed by atoms with van der Waals surface area (Å²) in [6, 6.07) is 6.86. The maximum absolute atomic E-state index is 14.1. The summed E-state index contributed by atoms with van der Waals surface area (Å²) < 4.78 is 14.1. The minimum absolute atomic E-state index is 0.128. The minimum Gasteiger partial charge on any atom is -0.304 e. The number of aromatic nitrogens is 1. The Kier molecular flexibility index (Phi) is 4.13. The van der Waals surface area contributed by atoms with Crippen molar-refractivity contribution in [2.75, 3.05) is 6.54 Å². The first-order valence-electron chi connectivity index (χ1n) is 7.26. The molecular formula is C16H19FN2S. The van der Waals surface area contributed by atoms with E-state index in [2.05, 4.69) is 5.32 Å². The van der Waals surface area contributed by atoms with Crippen molar-refractivity contribution in [1.29, 1.82) is 0 Å². The first-order valence-corrected chi connectivity index (χ1v) is 8.07. The Bertz CT molecular complexity index is 570. The lowest BCUT2D eigenvalue weighted by Crippen LogP contribution is -2.22. The Morgan fingerprint density at radius 3 is 2.85 bits per heavy atom. The molecule has 4 heteroatoms. The molecule has 0 aliphatic heterocycles. The monoisotopic (exact) mass is 290 g/mol. The number of fused-ring (bicyclic) bond motifs is 1. The van der Waals surface area contributed by atoms with E-state index in [9.17, 15) is 4.39 Å². The minimum atomic E-state index is -0.161. The zero-order chi connectivity index (χ0) is 13.9. The third kappa shape index (κ3) is 2.63. The molecular weight excluding hydrogens is 271 g/mol. The summed E-state index contributed by atoms with van der Waals surface area (Å²) in [7, 11) is 0. The molecule has 0 fully saturated rings. The van der Waals surface area contributed by atoms with Crippen molar-refractivity contribution in [3.63, 3.8) is 0 Å². The molecule has 2 nitrogen and oxygen atoms in total. The van der Waals surface area contributed by atoms with Gasteiger partial charge in [-0.1, -0.05) is 25.1 Å². The average molecular weight is 290 g/mol. The maximum Gasteiger partial charge on any atom is 0.128 e. The van der Waals surface area contributed by atoms with Gasteiger partial charge in [-0.05, 0) is 38.3 Å². The highest BCUT2D eigenvalue weighted by atomic mass is 32.1. The van der Waals surface area contributed by atoms with Crippen LogP contribution >= 0.6 is 11.3 Å². The van der Waals surface area contributed by atoms with Gasteiger partial charge in [0.05, 0.1) is 11.7 Å². The van der Waals surface area contributed by atoms with Crippen LogP contribution in [0.4, 0.5) is 4.39 Å². The van der Waals surface area contributed by atoms with Crippen molar-refractivity contribution in [2.24, 2.45) is 0 Å². The van der Waals surface area contributed by atoms with Gasteiger partial charge in [0.1, 0.15) is 10.8 Å². The molecule has 1 aliphatic rings. The summed E-state index contributed by atoms with van der Waals surface area (Å²) in [5.74, 6) is -0.161. The number of benzene rings is 1. The second kappa shape index (κ2) is 6.02. The van der Waals surface area contributed by atoms with Crippen LogP contribution in [0.15, 0.2) is 24.3 Å². The highest BCUT2D eigenvalue weighted by Gasteiger charge is 2.23. The molecule has 0 saturated heterocycles. The molecule has 20 heavy (non-hydrogen) atoms. The van der Waals surface area contributed by atoms with Gasteiger partial charge in [0.25, 0.3) is 0 Å². The summed E-state index contributed by atoms with van der Waals surface area (Å²) in [5, 5.41) is 4.38. The molecule has 0 spiro atoms. The van der Waals surface area contributed by atoms with E-state index in [4.69, 9.17) is 4.98 Å². The third-order valence-electron chi connectivity index (χ3n) is 3.73. The lowest BCUT2D eigenvalue weighted by atomic mass is 10.0. The van der Waals surface area contributed by atoms with Crippen LogP contribution in [0.2, 0.25) is 0 Å². The fraction of sp³-hybridized carbons (Fsp3) is 0.438. The molecule has 1 heterocycles. The Labute approximate surface area is 123 Å². The SMILES string of the molecule is CCNC(c1nc2c(s1)CCCC2)c1ccccc1F. The summed E-state index contributed by atoms with van der Waals surface area (Å²) in [4.78, 5) is 6.17. The zero-order valence-electron chi connectivity index (χ0n) is 11.7. The van der Waals surface area contributed by atoms with E-state index in [0.717, 1.165) is 24.4 Å². The van der Waals surface area contributed by atoms with Gasteiger partial charge in [-0.15, -0.1) is 11.3 Å². The smallest absolute Gasteiger partial charge is 0.128 e. The van der Waals surface area contributed by atoms with Crippen molar-refractivity contribution >= 4 is 11.3 Å². The zero-order valence-corrected chi connectivity index (χ0v) is 12.5. The van der Waals surface area contributed by atoms with Gasteiger partial charge in [-0.3, -0.25) is 0 Å². The first-order chi connectivity index (χ1) is 9.79. The topological polar surface area (TPSA) is 24.9 Å². The van der Waals surface area contributed by atoms with Crippen molar-refractivity contribution in [2.45, 2.75) is 38.6 Å². The van der Waals surface area contributed by atoms with Gasteiger partial charge in [0.2, 0.25) is 0 Å². The van der Waals surface area contributed by atoms with E-state index in [-0.39, 0.29) is 11.9 Å². The molecule has 106 valence electrons. The molecule has 0 saturated carbocycles. The highest BCUT2D eigenvalue weighted by Crippen LogP contribution is 2.33. The largest absolute Gasteiger partial charge is 0.304 e. The summed E-state index contributed by atoms with van der Waals surface area (Å²) in [6.07, 6.45) is 4.67. The quantitative estimate of drug-likeness (QED) is 0.925. The van der Waals surface area contributed by atoms with E-state index in [1.165, 1.54) is 29.5 Å². The Morgan fingerprint density at radius 1 is 1.30 bits per heavy atom. The summed E-state index contributed by atoms with van der Waals surface area (Å²) in [6.45, 7) is 2.84. The van der Waals surface area contributed by atoms with Crippen molar-refractivity contribution in [1.82, 2.24) is 10.3 Å². The molecule has 1 aromatic carbocycles. The molecule has 1 aromatic heterocycles. The second-order valence-electron chi connectivity index (χ2n) is 5.14. The van der Waals surface area contributed by atoms with Crippen LogP contribution in [-0.2, 0) is 12.8 Å². The number of halogens is 1. The molecule has 3 rings (SSSR count). The first kappa shape index (κ1) is 13.7. The number of aryl methyl sites for hydroxylation is 2. The van der Waals surface area contributed by atoms with Gasteiger partial charge in [0, 0.05) is 10.4 Å². The van der Waals surface area contributed by atoms with Gasteiger partial charge >= 0.3 is 0 Å². The van der Waals surface area contributed by atoms with Crippen LogP contribution in [0.5, 0.6) is 0 Å². The van der Waals surface area contributed by atoms with Crippen LogP contribution < -0.4 is 5.32 Å². The van der Waals surface area contributed by atoms with Crippen molar-refractivity contribution in [3.8, 4) is 0 Å². The Morgan fingerprint density at radius 2 is 2.10 bits per heavy atom. The van der Waals surface area contributed by atoms with E-state index in [1.807, 2.05) is 19.1 Å². The number of hydrogen-bond acceptors (Lipinski definition) is 3. The third-order valence-corrected chi connectivity index (χ3v) is 4.96. The van der Waals surface area contributed by atoms with Crippen molar-refractivity contribution < 1.29 is 4.39 Å². The number of hydrogen-bond donors (Lipinski definition) is 1. The molecule has 1 unspecified atom stereocenters. The normalized spacial score (nSPS) is 15.9.